The highest BCUT2D eigenvalue weighted by atomic mass is 32.1. The molecule has 0 aliphatic carbocycles. The van der Waals surface area contributed by atoms with E-state index in [0.29, 0.717) is 24.3 Å². The molecular formula is C23H18FNO3S. The smallest absolute Gasteiger partial charge is 0.338 e. The summed E-state index contributed by atoms with van der Waals surface area (Å²) >= 11 is 1.55. The number of fused-ring (bicyclic) bond motifs is 1. The van der Waals surface area contributed by atoms with Crippen LogP contribution >= 0.6 is 11.3 Å². The van der Waals surface area contributed by atoms with Crippen LogP contribution in [0.3, 0.4) is 0 Å². The summed E-state index contributed by atoms with van der Waals surface area (Å²) < 4.78 is 24.9. The molecule has 0 aliphatic rings. The van der Waals surface area contributed by atoms with Gasteiger partial charge in [0.25, 0.3) is 0 Å². The number of nitrogens with zero attached hydrogens (tertiary/aromatic N) is 1. The van der Waals surface area contributed by atoms with Crippen LogP contribution in [0.15, 0.2) is 72.8 Å². The minimum atomic E-state index is -0.387. The van der Waals surface area contributed by atoms with Crippen LogP contribution in [0.4, 0.5) is 4.39 Å². The Morgan fingerprint density at radius 2 is 1.69 bits per heavy atom. The fourth-order valence-electron chi connectivity index (χ4n) is 2.86. The molecule has 0 bridgehead atoms. The molecule has 0 saturated carbocycles. The predicted octanol–water partition coefficient (Wildman–Crippen LogP) is 5.73. The van der Waals surface area contributed by atoms with E-state index < -0.39 is 0 Å². The van der Waals surface area contributed by atoms with Crippen molar-refractivity contribution < 1.29 is 18.7 Å². The predicted molar refractivity (Wildman–Crippen MR) is 112 cm³/mol. The van der Waals surface area contributed by atoms with Crippen LogP contribution in [0.25, 0.3) is 20.8 Å². The second-order valence-corrected chi connectivity index (χ2v) is 7.35. The monoisotopic (exact) mass is 407 g/mol. The van der Waals surface area contributed by atoms with Crippen molar-refractivity contribution >= 4 is 27.5 Å². The number of carbonyl (C=O) groups is 1. The van der Waals surface area contributed by atoms with E-state index >= 15 is 0 Å². The third-order valence-electron chi connectivity index (χ3n) is 4.28. The van der Waals surface area contributed by atoms with Gasteiger partial charge < -0.3 is 9.47 Å². The van der Waals surface area contributed by atoms with E-state index in [1.807, 2.05) is 42.5 Å². The molecule has 0 radical (unpaired) electrons. The molecule has 4 nitrogen and oxygen atoms in total. The fourth-order valence-corrected chi connectivity index (χ4v) is 3.86. The number of aromatic nitrogens is 1. The van der Waals surface area contributed by atoms with Crippen LogP contribution in [0.5, 0.6) is 5.75 Å². The Balaban J connectivity index is 1.37. The molecule has 6 heteroatoms. The molecule has 0 amide bonds. The highest BCUT2D eigenvalue weighted by Crippen LogP contribution is 2.32. The number of benzene rings is 3. The van der Waals surface area contributed by atoms with Gasteiger partial charge in [-0.15, -0.1) is 11.3 Å². The van der Waals surface area contributed by atoms with Gasteiger partial charge in [0.1, 0.15) is 16.6 Å². The largest absolute Gasteiger partial charge is 0.493 e. The third-order valence-corrected chi connectivity index (χ3v) is 5.35. The number of hydrogen-bond acceptors (Lipinski definition) is 5. The van der Waals surface area contributed by atoms with Crippen molar-refractivity contribution in [2.24, 2.45) is 0 Å². The Labute approximate surface area is 171 Å². The molecule has 4 rings (SSSR count). The Morgan fingerprint density at radius 1 is 0.931 bits per heavy atom. The molecule has 1 heterocycles. The van der Waals surface area contributed by atoms with Crippen molar-refractivity contribution in [2.45, 2.75) is 6.42 Å². The lowest BCUT2D eigenvalue weighted by molar-refractivity contribution is 0.0487. The summed E-state index contributed by atoms with van der Waals surface area (Å²) in [5.74, 6) is -0.112. The zero-order valence-electron chi connectivity index (χ0n) is 15.5. The summed E-state index contributed by atoms with van der Waals surface area (Å²) in [7, 11) is 0. The van der Waals surface area contributed by atoms with Crippen LogP contribution in [0, 0.1) is 5.82 Å². The molecule has 3 aromatic carbocycles. The fraction of sp³-hybridized carbons (Fsp3) is 0.130. The minimum Gasteiger partial charge on any atom is -0.493 e. The SMILES string of the molecule is O=C(OCCCOc1ccc(F)cc1)c1ccccc1-c1nc2ccccc2s1. The molecule has 0 spiro atoms. The van der Waals surface area contributed by atoms with Crippen molar-refractivity contribution in [2.75, 3.05) is 13.2 Å². The number of ether oxygens (including phenoxy) is 2. The standard InChI is InChI=1S/C23H18FNO3S/c24-16-10-12-17(13-11-16)27-14-5-15-28-23(26)19-7-2-1-6-18(19)22-25-20-8-3-4-9-21(20)29-22/h1-4,6-13H,5,14-15H2. The van der Waals surface area contributed by atoms with Crippen molar-refractivity contribution in [3.8, 4) is 16.3 Å². The van der Waals surface area contributed by atoms with Crippen LogP contribution < -0.4 is 4.74 Å². The van der Waals surface area contributed by atoms with E-state index in [9.17, 15) is 9.18 Å². The molecule has 0 atom stereocenters. The van der Waals surface area contributed by atoms with Gasteiger partial charge >= 0.3 is 5.97 Å². The van der Waals surface area contributed by atoms with E-state index in [-0.39, 0.29) is 18.4 Å². The highest BCUT2D eigenvalue weighted by Gasteiger charge is 2.16. The van der Waals surface area contributed by atoms with Gasteiger partial charge in [0.05, 0.1) is 29.0 Å². The quantitative estimate of drug-likeness (QED) is 0.290. The maximum atomic E-state index is 12.9. The second kappa shape index (κ2) is 8.84. The first-order valence-electron chi connectivity index (χ1n) is 9.21. The van der Waals surface area contributed by atoms with E-state index in [4.69, 9.17) is 9.47 Å². The van der Waals surface area contributed by atoms with Gasteiger partial charge in [0.2, 0.25) is 0 Å². The number of thiazole rings is 1. The van der Waals surface area contributed by atoms with E-state index in [2.05, 4.69) is 4.98 Å². The number of esters is 1. The first-order chi connectivity index (χ1) is 14.2. The molecule has 29 heavy (non-hydrogen) atoms. The van der Waals surface area contributed by atoms with Crippen molar-refractivity contribution in [3.05, 3.63) is 84.2 Å². The summed E-state index contributed by atoms with van der Waals surface area (Å²) in [5, 5.41) is 0.790. The first kappa shape index (κ1) is 19.1. The molecular weight excluding hydrogens is 389 g/mol. The van der Waals surface area contributed by atoms with Crippen LogP contribution in [-0.2, 0) is 4.74 Å². The van der Waals surface area contributed by atoms with Crippen LogP contribution in [0.1, 0.15) is 16.8 Å². The van der Waals surface area contributed by atoms with Gasteiger partial charge in [-0.1, -0.05) is 30.3 Å². The Morgan fingerprint density at radius 3 is 2.52 bits per heavy atom. The zero-order chi connectivity index (χ0) is 20.1. The molecule has 4 aromatic rings. The van der Waals surface area contributed by atoms with Gasteiger partial charge in [-0.2, -0.15) is 0 Å². The summed E-state index contributed by atoms with van der Waals surface area (Å²) in [6, 6.07) is 21.0. The van der Waals surface area contributed by atoms with Crippen molar-refractivity contribution in [1.29, 1.82) is 0 Å². The summed E-state index contributed by atoms with van der Waals surface area (Å²) in [5.41, 5.74) is 2.17. The molecule has 0 aliphatic heterocycles. The lowest BCUT2D eigenvalue weighted by atomic mass is 10.1. The number of rotatable bonds is 7. The second-order valence-electron chi connectivity index (χ2n) is 6.32. The summed E-state index contributed by atoms with van der Waals surface area (Å²) in [6.07, 6.45) is 0.534. The van der Waals surface area contributed by atoms with Gasteiger partial charge in [-0.25, -0.2) is 14.2 Å². The average Bonchev–Trinajstić information content (AvgIpc) is 3.19. The Bertz CT molecular complexity index is 1090. The van der Waals surface area contributed by atoms with Crippen molar-refractivity contribution in [1.82, 2.24) is 4.98 Å². The summed E-state index contributed by atoms with van der Waals surface area (Å²) in [4.78, 5) is 17.2. The number of halogens is 1. The average molecular weight is 407 g/mol. The van der Waals surface area contributed by atoms with E-state index in [1.165, 1.54) is 12.1 Å². The molecule has 1 aromatic heterocycles. The lowest BCUT2D eigenvalue weighted by Gasteiger charge is -2.09. The van der Waals surface area contributed by atoms with E-state index in [0.717, 1.165) is 20.8 Å². The normalized spacial score (nSPS) is 10.8. The zero-order valence-corrected chi connectivity index (χ0v) is 16.3. The number of para-hydroxylation sites is 1. The van der Waals surface area contributed by atoms with Gasteiger partial charge in [0, 0.05) is 12.0 Å². The van der Waals surface area contributed by atoms with Crippen LogP contribution in [0.2, 0.25) is 0 Å². The van der Waals surface area contributed by atoms with Crippen molar-refractivity contribution in [3.63, 3.8) is 0 Å². The molecule has 0 fully saturated rings. The van der Waals surface area contributed by atoms with Crippen LogP contribution in [-0.4, -0.2) is 24.2 Å². The van der Waals surface area contributed by atoms with Gasteiger partial charge in [-0.3, -0.25) is 0 Å². The first-order valence-corrected chi connectivity index (χ1v) is 10.0. The lowest BCUT2D eigenvalue weighted by Crippen LogP contribution is -2.10. The van der Waals surface area contributed by atoms with E-state index in [1.54, 1.807) is 29.5 Å². The molecule has 146 valence electrons. The number of hydrogen-bond donors (Lipinski definition) is 0. The topological polar surface area (TPSA) is 48.4 Å². The maximum Gasteiger partial charge on any atom is 0.338 e. The summed E-state index contributed by atoms with van der Waals surface area (Å²) in [6.45, 7) is 0.604. The molecule has 0 unspecified atom stereocenters. The minimum absolute atomic E-state index is 0.230. The Kier molecular flexibility index (Phi) is 5.81. The van der Waals surface area contributed by atoms with Gasteiger partial charge in [-0.05, 0) is 42.5 Å². The Hall–Kier alpha value is -3.25. The number of carbonyl (C=O) groups excluding carboxylic acids is 1. The van der Waals surface area contributed by atoms with Gasteiger partial charge in [0.15, 0.2) is 0 Å². The molecule has 0 N–H and O–H groups in total. The highest BCUT2D eigenvalue weighted by molar-refractivity contribution is 7.21. The molecule has 0 saturated heterocycles. The maximum absolute atomic E-state index is 12.9. The third kappa shape index (κ3) is 4.60.